The molecule has 0 atom stereocenters. The molecular formula is C48H97N3O5. The van der Waals surface area contributed by atoms with E-state index in [0.717, 1.165) is 104 Å². The van der Waals surface area contributed by atoms with Gasteiger partial charge in [-0.05, 0) is 77.5 Å². The quantitative estimate of drug-likeness (QED) is 0.0370. The lowest BCUT2D eigenvalue weighted by atomic mass is 10.1. The first-order valence-electron chi connectivity index (χ1n) is 24.7. The van der Waals surface area contributed by atoms with E-state index in [1.54, 1.807) is 0 Å². The van der Waals surface area contributed by atoms with Gasteiger partial charge in [0.25, 0.3) is 0 Å². The molecule has 0 fully saturated rings. The molecule has 0 amide bonds. The second-order valence-corrected chi connectivity index (χ2v) is 16.8. The van der Waals surface area contributed by atoms with Gasteiger partial charge in [0.2, 0.25) is 0 Å². The van der Waals surface area contributed by atoms with Crippen LogP contribution in [0.4, 0.5) is 0 Å². The molecule has 0 aliphatic rings. The van der Waals surface area contributed by atoms with E-state index < -0.39 is 0 Å². The number of nitrogens with zero attached hydrogens (tertiary/aromatic N) is 3. The average Bonchev–Trinajstić information content (AvgIpc) is 3.19. The van der Waals surface area contributed by atoms with Gasteiger partial charge in [-0.25, -0.2) is 0 Å². The highest BCUT2D eigenvalue weighted by atomic mass is 16.5. The van der Waals surface area contributed by atoms with Gasteiger partial charge in [0.05, 0.1) is 0 Å². The van der Waals surface area contributed by atoms with Crippen LogP contribution < -0.4 is 0 Å². The minimum atomic E-state index is -0.0343. The number of unbranched alkanes of at least 4 members (excludes halogenated alkanes) is 24. The summed E-state index contributed by atoms with van der Waals surface area (Å²) in [5.74, 6) is -0.0687. The second kappa shape index (κ2) is 44.9. The second-order valence-electron chi connectivity index (χ2n) is 16.8. The van der Waals surface area contributed by atoms with Crippen LogP contribution in [0.1, 0.15) is 233 Å². The molecule has 1 N–H and O–H groups in total. The molecule has 0 saturated heterocycles. The van der Waals surface area contributed by atoms with E-state index in [2.05, 4.69) is 37.5 Å². The summed E-state index contributed by atoms with van der Waals surface area (Å²) in [4.78, 5) is 29.5. The lowest BCUT2D eigenvalue weighted by Crippen LogP contribution is -2.30. The van der Waals surface area contributed by atoms with E-state index in [4.69, 9.17) is 9.47 Å². The van der Waals surface area contributed by atoms with Crippen molar-refractivity contribution in [1.29, 1.82) is 0 Å². The predicted octanol–water partition coefficient (Wildman–Crippen LogP) is 12.9. The zero-order chi connectivity index (χ0) is 41.0. The lowest BCUT2D eigenvalue weighted by molar-refractivity contribution is -0.145. The monoisotopic (exact) mass is 796 g/mol. The topological polar surface area (TPSA) is 82.6 Å². The maximum absolute atomic E-state index is 12.3. The van der Waals surface area contributed by atoms with E-state index in [-0.39, 0.29) is 11.9 Å². The number of carbonyl (C=O) groups is 2. The Morgan fingerprint density at radius 2 is 0.589 bits per heavy atom. The van der Waals surface area contributed by atoms with Crippen LogP contribution in [0, 0.1) is 0 Å². The number of hydrogen-bond donors (Lipinski definition) is 1. The fourth-order valence-electron chi connectivity index (χ4n) is 7.45. The Morgan fingerprint density at radius 3 is 0.893 bits per heavy atom. The summed E-state index contributed by atoms with van der Waals surface area (Å²) in [5, 5.41) is 11.8. The first-order chi connectivity index (χ1) is 27.5. The van der Waals surface area contributed by atoms with Gasteiger partial charge in [0.1, 0.15) is 13.2 Å². The fourth-order valence-corrected chi connectivity index (χ4v) is 7.45. The van der Waals surface area contributed by atoms with Crippen LogP contribution in [-0.4, -0.2) is 97.6 Å². The molecular weight excluding hydrogens is 699 g/mol. The van der Waals surface area contributed by atoms with Crippen molar-refractivity contribution < 1.29 is 24.3 Å². The third-order valence-electron chi connectivity index (χ3n) is 11.2. The first kappa shape index (κ1) is 54.8. The Balaban J connectivity index is 3.68. The van der Waals surface area contributed by atoms with Crippen molar-refractivity contribution in [3.8, 4) is 0 Å². The number of hydroxylamine groups is 2. The maximum Gasteiger partial charge on any atom is 0.305 e. The van der Waals surface area contributed by atoms with E-state index in [1.807, 2.05) is 0 Å². The fraction of sp³-hybridized carbons (Fsp3) is 0.958. The van der Waals surface area contributed by atoms with Crippen LogP contribution in [-0.2, 0) is 19.1 Å². The molecule has 0 unspecified atom stereocenters. The molecule has 0 bridgehead atoms. The molecule has 0 heterocycles. The van der Waals surface area contributed by atoms with Crippen molar-refractivity contribution in [1.82, 2.24) is 14.9 Å². The Morgan fingerprint density at radius 1 is 0.339 bits per heavy atom. The van der Waals surface area contributed by atoms with Crippen LogP contribution in [0.25, 0.3) is 0 Å². The molecule has 334 valence electrons. The maximum atomic E-state index is 12.3. The Kier molecular flexibility index (Phi) is 43.9. The van der Waals surface area contributed by atoms with Gasteiger partial charge in [0.15, 0.2) is 0 Å². The standard InChI is InChI=1S/C48H97N3O5/c1-5-9-13-29-37-49(38-30-14-10-6-2)43-45-55-47(52)35-27-23-19-17-21-25-33-41-51(54)42-34-26-22-18-20-24-28-36-48(53)56-46-44-50(39-31-15-11-7-3)40-32-16-12-8-4/h54H,5-46H2,1-4H3. The van der Waals surface area contributed by atoms with Crippen molar-refractivity contribution in [3.63, 3.8) is 0 Å². The molecule has 56 heavy (non-hydrogen) atoms. The summed E-state index contributed by atoms with van der Waals surface area (Å²) in [5.41, 5.74) is 0. The Bertz CT molecular complexity index is 728. The molecule has 8 nitrogen and oxygen atoms in total. The molecule has 0 saturated carbocycles. The summed E-state index contributed by atoms with van der Waals surface area (Å²) in [7, 11) is 0. The molecule has 0 aromatic carbocycles. The molecule has 8 heteroatoms. The van der Waals surface area contributed by atoms with E-state index in [1.165, 1.54) is 146 Å². The summed E-state index contributed by atoms with van der Waals surface area (Å²) in [6, 6.07) is 0. The number of ether oxygens (including phenoxy) is 2. The van der Waals surface area contributed by atoms with Gasteiger partial charge in [-0.3, -0.25) is 19.4 Å². The van der Waals surface area contributed by atoms with Crippen molar-refractivity contribution in [2.75, 3.05) is 65.6 Å². The van der Waals surface area contributed by atoms with Gasteiger partial charge in [-0.1, -0.05) is 169 Å². The zero-order valence-electron chi connectivity index (χ0n) is 38.1. The summed E-state index contributed by atoms with van der Waals surface area (Å²) in [6.07, 6.45) is 37.1. The van der Waals surface area contributed by atoms with Gasteiger partial charge < -0.3 is 14.7 Å². The number of hydrogen-bond acceptors (Lipinski definition) is 8. The van der Waals surface area contributed by atoms with E-state index in [0.29, 0.717) is 26.1 Å². The molecule has 0 aromatic rings. The van der Waals surface area contributed by atoms with Gasteiger partial charge >= 0.3 is 11.9 Å². The van der Waals surface area contributed by atoms with Crippen LogP contribution in [0.15, 0.2) is 0 Å². The van der Waals surface area contributed by atoms with Gasteiger partial charge in [-0.2, -0.15) is 5.06 Å². The van der Waals surface area contributed by atoms with Crippen LogP contribution in [0.5, 0.6) is 0 Å². The molecule has 0 aliphatic carbocycles. The number of carbonyl (C=O) groups excluding carboxylic acids is 2. The van der Waals surface area contributed by atoms with Crippen molar-refractivity contribution in [2.24, 2.45) is 0 Å². The lowest BCUT2D eigenvalue weighted by Gasteiger charge is -2.22. The molecule has 0 aliphatic heterocycles. The van der Waals surface area contributed by atoms with Crippen LogP contribution in [0.3, 0.4) is 0 Å². The van der Waals surface area contributed by atoms with E-state index in [9.17, 15) is 14.8 Å². The summed E-state index contributed by atoms with van der Waals surface area (Å²) >= 11 is 0. The largest absolute Gasteiger partial charge is 0.464 e. The first-order valence-corrected chi connectivity index (χ1v) is 24.7. The average molecular weight is 796 g/mol. The Hall–Kier alpha value is -1.22. The number of esters is 2. The van der Waals surface area contributed by atoms with E-state index >= 15 is 0 Å². The van der Waals surface area contributed by atoms with Gasteiger partial charge in [-0.15, -0.1) is 0 Å². The van der Waals surface area contributed by atoms with Gasteiger partial charge in [0, 0.05) is 39.0 Å². The highest BCUT2D eigenvalue weighted by molar-refractivity contribution is 5.69. The predicted molar refractivity (Wildman–Crippen MR) is 239 cm³/mol. The SMILES string of the molecule is CCCCCCN(CCCCCC)CCOC(=O)CCCCCCCCCN(O)CCCCCCCCCC(=O)OCCN(CCCCCC)CCCCCC. The minimum Gasteiger partial charge on any atom is -0.464 e. The number of rotatable bonds is 46. The smallest absolute Gasteiger partial charge is 0.305 e. The summed E-state index contributed by atoms with van der Waals surface area (Å²) in [6.45, 7) is 17.8. The van der Waals surface area contributed by atoms with Crippen molar-refractivity contribution in [2.45, 2.75) is 233 Å². The molecule has 0 rings (SSSR count). The molecule has 0 spiro atoms. The Labute approximate surface area is 348 Å². The zero-order valence-corrected chi connectivity index (χ0v) is 38.1. The summed E-state index contributed by atoms with van der Waals surface area (Å²) < 4.78 is 11.2. The highest BCUT2D eigenvalue weighted by Gasteiger charge is 2.10. The van der Waals surface area contributed by atoms with Crippen LogP contribution >= 0.6 is 0 Å². The highest BCUT2D eigenvalue weighted by Crippen LogP contribution is 2.13. The molecule has 0 radical (unpaired) electrons. The van der Waals surface area contributed by atoms with Crippen molar-refractivity contribution in [3.05, 3.63) is 0 Å². The third-order valence-corrected chi connectivity index (χ3v) is 11.2. The third kappa shape index (κ3) is 41.0. The minimum absolute atomic E-state index is 0.0343. The molecule has 0 aromatic heterocycles. The van der Waals surface area contributed by atoms with Crippen LogP contribution in [0.2, 0.25) is 0 Å². The van der Waals surface area contributed by atoms with Crippen molar-refractivity contribution >= 4 is 11.9 Å². The normalized spacial score (nSPS) is 11.7.